The first-order valence-electron chi connectivity index (χ1n) is 8.42. The Kier molecular flexibility index (Phi) is 4.81. The molecule has 3 rings (SSSR count). The lowest BCUT2D eigenvalue weighted by atomic mass is 10.0. The van der Waals surface area contributed by atoms with Gasteiger partial charge in [0, 0.05) is 50.1 Å². The van der Waals surface area contributed by atoms with Crippen molar-refractivity contribution in [1.29, 1.82) is 0 Å². The standard InChI is InChI=1S/C21H25N3/c1-5-17(8-10-22-4)16(3)14-24-20-7-6-15(2)12-18(20)19-13-23-11-9-21(19)24/h5-8,10,12,14,23H,1,9,11,13H2,2-4H3/b16-14+,17-8+,22-10?. The first kappa shape index (κ1) is 16.5. The molecular weight excluding hydrogens is 294 g/mol. The van der Waals surface area contributed by atoms with Crippen LogP contribution in [0.2, 0.25) is 0 Å². The van der Waals surface area contributed by atoms with Gasteiger partial charge in [-0.1, -0.05) is 24.3 Å². The predicted molar refractivity (Wildman–Crippen MR) is 105 cm³/mol. The molecule has 0 unspecified atom stereocenters. The minimum Gasteiger partial charge on any atom is -0.320 e. The monoisotopic (exact) mass is 319 g/mol. The van der Waals surface area contributed by atoms with Gasteiger partial charge in [0.05, 0.1) is 5.52 Å². The second-order valence-electron chi connectivity index (χ2n) is 6.29. The number of benzene rings is 1. The fourth-order valence-corrected chi connectivity index (χ4v) is 3.37. The van der Waals surface area contributed by atoms with Crippen LogP contribution in [0.5, 0.6) is 0 Å². The van der Waals surface area contributed by atoms with E-state index in [1.54, 1.807) is 7.05 Å². The van der Waals surface area contributed by atoms with Gasteiger partial charge in [0.2, 0.25) is 0 Å². The molecule has 24 heavy (non-hydrogen) atoms. The van der Waals surface area contributed by atoms with Crippen LogP contribution in [0.4, 0.5) is 0 Å². The van der Waals surface area contributed by atoms with E-state index in [0.717, 1.165) is 25.1 Å². The number of aliphatic imine (C=N–C) groups is 1. The van der Waals surface area contributed by atoms with Gasteiger partial charge in [-0.25, -0.2) is 0 Å². The molecule has 0 aliphatic carbocycles. The number of nitrogens with one attached hydrogen (secondary N) is 1. The maximum atomic E-state index is 4.04. The second-order valence-corrected chi connectivity index (χ2v) is 6.29. The molecule has 3 heteroatoms. The molecule has 0 spiro atoms. The molecule has 124 valence electrons. The van der Waals surface area contributed by atoms with E-state index in [-0.39, 0.29) is 0 Å². The van der Waals surface area contributed by atoms with Gasteiger partial charge >= 0.3 is 0 Å². The van der Waals surface area contributed by atoms with E-state index in [1.807, 2.05) is 18.4 Å². The topological polar surface area (TPSA) is 29.3 Å². The quantitative estimate of drug-likeness (QED) is 0.662. The lowest BCUT2D eigenvalue weighted by molar-refractivity contribution is 0.634. The number of aromatic nitrogens is 1. The minimum atomic E-state index is 0.946. The summed E-state index contributed by atoms with van der Waals surface area (Å²) in [6, 6.07) is 6.72. The first-order chi connectivity index (χ1) is 11.7. The molecule has 0 atom stereocenters. The summed E-state index contributed by atoms with van der Waals surface area (Å²) in [4.78, 5) is 4.04. The van der Waals surface area contributed by atoms with Crippen molar-refractivity contribution in [3.63, 3.8) is 0 Å². The van der Waals surface area contributed by atoms with Gasteiger partial charge in [0.25, 0.3) is 0 Å². The molecule has 1 N–H and O–H groups in total. The van der Waals surface area contributed by atoms with Crippen LogP contribution in [0.1, 0.15) is 23.7 Å². The summed E-state index contributed by atoms with van der Waals surface area (Å²) in [6.45, 7) is 10.2. The molecule has 1 aliphatic rings. The number of hydrogen-bond donors (Lipinski definition) is 1. The highest BCUT2D eigenvalue weighted by molar-refractivity contribution is 5.88. The van der Waals surface area contributed by atoms with E-state index >= 15 is 0 Å². The summed E-state index contributed by atoms with van der Waals surface area (Å²) in [7, 11) is 1.78. The summed E-state index contributed by atoms with van der Waals surface area (Å²) in [6.07, 6.45) is 8.99. The van der Waals surface area contributed by atoms with E-state index < -0.39 is 0 Å². The van der Waals surface area contributed by atoms with E-state index in [9.17, 15) is 0 Å². The molecule has 0 bridgehead atoms. The lowest BCUT2D eigenvalue weighted by Gasteiger charge is -2.16. The number of aryl methyl sites for hydroxylation is 1. The molecule has 1 aromatic heterocycles. The lowest BCUT2D eigenvalue weighted by Crippen LogP contribution is -2.24. The summed E-state index contributed by atoms with van der Waals surface area (Å²) < 4.78 is 2.36. The van der Waals surface area contributed by atoms with Gasteiger partial charge in [0.15, 0.2) is 0 Å². The Balaban J connectivity index is 2.19. The third kappa shape index (κ3) is 3.00. The average molecular weight is 319 g/mol. The summed E-state index contributed by atoms with van der Waals surface area (Å²) in [5.41, 5.74) is 7.71. The van der Waals surface area contributed by atoms with Gasteiger partial charge in [-0.15, -0.1) is 0 Å². The smallest absolute Gasteiger partial charge is 0.0529 e. The van der Waals surface area contributed by atoms with Gasteiger partial charge in [-0.05, 0) is 48.8 Å². The third-order valence-corrected chi connectivity index (χ3v) is 4.62. The SMILES string of the molecule is C=CC(=C\C=NC)/C(C)=C/n1c2c(c3cc(C)ccc31)CNCC2. The van der Waals surface area contributed by atoms with Crippen molar-refractivity contribution in [3.05, 3.63) is 64.9 Å². The highest BCUT2D eigenvalue weighted by Gasteiger charge is 2.19. The van der Waals surface area contributed by atoms with Gasteiger partial charge in [0.1, 0.15) is 0 Å². The van der Waals surface area contributed by atoms with E-state index in [1.165, 1.54) is 33.3 Å². The van der Waals surface area contributed by atoms with Crippen molar-refractivity contribution in [3.8, 4) is 0 Å². The van der Waals surface area contributed by atoms with Crippen molar-refractivity contribution < 1.29 is 0 Å². The molecule has 0 amide bonds. The highest BCUT2D eigenvalue weighted by atomic mass is 15.0. The van der Waals surface area contributed by atoms with Crippen LogP contribution < -0.4 is 5.32 Å². The molecule has 1 aromatic carbocycles. The first-order valence-corrected chi connectivity index (χ1v) is 8.42. The molecule has 2 heterocycles. The number of rotatable bonds is 4. The Hall–Kier alpha value is -2.39. The number of nitrogens with zero attached hydrogens (tertiary/aromatic N) is 2. The van der Waals surface area contributed by atoms with Gasteiger partial charge in [-0.2, -0.15) is 0 Å². The van der Waals surface area contributed by atoms with Crippen molar-refractivity contribution in [2.75, 3.05) is 13.6 Å². The molecule has 2 aromatic rings. The molecule has 3 nitrogen and oxygen atoms in total. The summed E-state index contributed by atoms with van der Waals surface area (Å²) in [5, 5.41) is 4.86. The summed E-state index contributed by atoms with van der Waals surface area (Å²) >= 11 is 0. The predicted octanol–water partition coefficient (Wildman–Crippen LogP) is 4.27. The third-order valence-electron chi connectivity index (χ3n) is 4.62. The second kappa shape index (κ2) is 7.02. The number of hydrogen-bond acceptors (Lipinski definition) is 2. The van der Waals surface area contributed by atoms with Crippen LogP contribution in [0.3, 0.4) is 0 Å². The Bertz CT molecular complexity index is 863. The Morgan fingerprint density at radius 1 is 1.38 bits per heavy atom. The Morgan fingerprint density at radius 2 is 2.21 bits per heavy atom. The highest BCUT2D eigenvalue weighted by Crippen LogP contribution is 2.30. The largest absolute Gasteiger partial charge is 0.320 e. The summed E-state index contributed by atoms with van der Waals surface area (Å²) in [5.74, 6) is 0. The molecule has 1 aliphatic heterocycles. The van der Waals surface area contributed by atoms with Crippen molar-refractivity contribution in [2.24, 2.45) is 4.99 Å². The van der Waals surface area contributed by atoms with Crippen LogP contribution in [-0.4, -0.2) is 24.4 Å². The van der Waals surface area contributed by atoms with Crippen LogP contribution in [0.25, 0.3) is 17.1 Å². The molecular formula is C21H25N3. The Labute approximate surface area is 144 Å². The van der Waals surface area contributed by atoms with Gasteiger partial charge < -0.3 is 9.88 Å². The van der Waals surface area contributed by atoms with E-state index in [0.29, 0.717) is 0 Å². The van der Waals surface area contributed by atoms with Crippen molar-refractivity contribution in [1.82, 2.24) is 9.88 Å². The van der Waals surface area contributed by atoms with Crippen molar-refractivity contribution >= 4 is 23.3 Å². The maximum Gasteiger partial charge on any atom is 0.0529 e. The van der Waals surface area contributed by atoms with Crippen LogP contribution >= 0.6 is 0 Å². The molecule has 0 fully saturated rings. The average Bonchev–Trinajstić information content (AvgIpc) is 2.89. The van der Waals surface area contributed by atoms with Crippen LogP contribution in [-0.2, 0) is 13.0 Å². The van der Waals surface area contributed by atoms with Crippen LogP contribution in [0, 0.1) is 6.92 Å². The fourth-order valence-electron chi connectivity index (χ4n) is 3.37. The molecule has 0 radical (unpaired) electrons. The van der Waals surface area contributed by atoms with E-state index in [4.69, 9.17) is 0 Å². The number of fused-ring (bicyclic) bond motifs is 3. The molecule has 0 saturated carbocycles. The van der Waals surface area contributed by atoms with E-state index in [2.05, 4.69) is 59.7 Å². The zero-order chi connectivity index (χ0) is 17.1. The van der Waals surface area contributed by atoms with Crippen molar-refractivity contribution in [2.45, 2.75) is 26.8 Å². The van der Waals surface area contributed by atoms with Gasteiger partial charge in [-0.3, -0.25) is 4.99 Å². The minimum absolute atomic E-state index is 0.946. The molecule has 0 saturated heterocycles. The zero-order valence-corrected chi connectivity index (χ0v) is 14.8. The fraction of sp³-hybridized carbons (Fsp3) is 0.286. The number of allylic oxidation sites excluding steroid dienone is 4. The normalized spacial score (nSPS) is 16.0. The van der Waals surface area contributed by atoms with Crippen LogP contribution in [0.15, 0.2) is 53.1 Å². The Morgan fingerprint density at radius 3 is 2.96 bits per heavy atom. The maximum absolute atomic E-state index is 4.04. The zero-order valence-electron chi connectivity index (χ0n) is 14.8.